The van der Waals surface area contributed by atoms with Gasteiger partial charge >= 0.3 is 0 Å². The lowest BCUT2D eigenvalue weighted by atomic mass is 10.0. The van der Waals surface area contributed by atoms with E-state index in [0.717, 1.165) is 34.0 Å². The third-order valence-corrected chi connectivity index (χ3v) is 4.36. The minimum absolute atomic E-state index is 0.740. The van der Waals surface area contributed by atoms with E-state index in [-0.39, 0.29) is 0 Å². The van der Waals surface area contributed by atoms with E-state index < -0.39 is 0 Å². The minimum Gasteiger partial charge on any atom is -0.361 e. The molecule has 0 bridgehead atoms. The highest BCUT2D eigenvalue weighted by molar-refractivity contribution is 5.99. The summed E-state index contributed by atoms with van der Waals surface area (Å²) < 4.78 is 0. The zero-order valence-corrected chi connectivity index (χ0v) is 15.1. The zero-order chi connectivity index (χ0) is 19.1. The lowest BCUT2D eigenvalue weighted by Gasteiger charge is -2.03. The van der Waals surface area contributed by atoms with Gasteiger partial charge in [0.2, 0.25) is 0 Å². The van der Waals surface area contributed by atoms with Crippen molar-refractivity contribution in [3.63, 3.8) is 0 Å². The molecule has 0 saturated carbocycles. The van der Waals surface area contributed by atoms with Gasteiger partial charge in [0.15, 0.2) is 6.29 Å². The first kappa shape index (κ1) is 18.1. The van der Waals surface area contributed by atoms with Crippen molar-refractivity contribution in [2.24, 2.45) is 10.9 Å². The van der Waals surface area contributed by atoms with Gasteiger partial charge < -0.3 is 10.8 Å². The number of hydrogen-bond acceptors (Lipinski definition) is 3. The van der Waals surface area contributed by atoms with Gasteiger partial charge in [0.25, 0.3) is 0 Å². The number of nitrogens with one attached hydrogen (secondary N) is 1. The van der Waals surface area contributed by atoms with Crippen LogP contribution in [0.2, 0.25) is 0 Å². The first-order chi connectivity index (χ1) is 13.2. The Hall–Kier alpha value is -3.66. The highest BCUT2D eigenvalue weighted by atomic mass is 16.1. The summed E-state index contributed by atoms with van der Waals surface area (Å²) in [5.41, 5.74) is 6.07. The molecule has 0 amide bonds. The Kier molecular flexibility index (Phi) is 5.80. The van der Waals surface area contributed by atoms with E-state index >= 15 is 0 Å². The molecule has 4 aromatic rings. The summed E-state index contributed by atoms with van der Waals surface area (Å²) >= 11 is 0. The Bertz CT molecular complexity index is 1050. The fraction of sp³-hybridized carbons (Fsp3) is 0.0435. The topological polar surface area (TPSA) is 71.2 Å². The van der Waals surface area contributed by atoms with Crippen LogP contribution in [0.3, 0.4) is 0 Å². The third kappa shape index (κ3) is 4.30. The predicted octanol–water partition coefficient (Wildman–Crippen LogP) is 5.02. The third-order valence-electron chi connectivity index (χ3n) is 4.36. The smallest absolute Gasteiger partial charge is 0.150 e. The van der Waals surface area contributed by atoms with Gasteiger partial charge in [0.05, 0.1) is 5.71 Å². The second kappa shape index (κ2) is 8.63. The van der Waals surface area contributed by atoms with Gasteiger partial charge in [0.1, 0.15) is 0 Å². The number of rotatable bonds is 3. The molecule has 0 aliphatic rings. The maximum Gasteiger partial charge on any atom is 0.150 e. The maximum atomic E-state index is 10.5. The minimum atomic E-state index is 0.740. The van der Waals surface area contributed by atoms with Crippen molar-refractivity contribution in [2.45, 2.75) is 6.92 Å². The normalized spacial score (nSPS) is 10.9. The van der Waals surface area contributed by atoms with Crippen LogP contribution in [-0.4, -0.2) is 17.0 Å². The second-order valence-electron chi connectivity index (χ2n) is 6.06. The van der Waals surface area contributed by atoms with E-state index in [9.17, 15) is 4.79 Å². The lowest BCUT2D eigenvalue weighted by Crippen LogP contribution is -1.98. The fourth-order valence-electron chi connectivity index (χ4n) is 2.82. The van der Waals surface area contributed by atoms with E-state index in [0.29, 0.717) is 0 Å². The van der Waals surface area contributed by atoms with Gasteiger partial charge in [-0.05, 0) is 35.7 Å². The number of hydrazone groups is 1. The first-order valence-electron chi connectivity index (χ1n) is 8.64. The molecular formula is C23H21N3O. The van der Waals surface area contributed by atoms with E-state index in [1.165, 1.54) is 11.1 Å². The molecule has 3 N–H and O–H groups in total. The van der Waals surface area contributed by atoms with Crippen LogP contribution in [0.4, 0.5) is 0 Å². The second-order valence-corrected chi connectivity index (χ2v) is 6.06. The Morgan fingerprint density at radius 2 is 1.59 bits per heavy atom. The van der Waals surface area contributed by atoms with Gasteiger partial charge in [-0.15, -0.1) is 0 Å². The molecule has 0 spiro atoms. The number of aromatic amines is 1. The van der Waals surface area contributed by atoms with Crippen molar-refractivity contribution in [3.05, 3.63) is 96.2 Å². The molecule has 3 aromatic carbocycles. The average Bonchev–Trinajstić information content (AvgIpc) is 3.23. The number of fused-ring (bicyclic) bond motifs is 1. The number of carbonyl (C=O) groups excluding carboxylic acids is 1. The summed E-state index contributed by atoms with van der Waals surface area (Å²) in [5.74, 6) is 5.24. The van der Waals surface area contributed by atoms with Crippen LogP contribution in [0.5, 0.6) is 0 Å². The molecule has 0 fully saturated rings. The van der Waals surface area contributed by atoms with Gasteiger partial charge in [-0.3, -0.25) is 4.79 Å². The van der Waals surface area contributed by atoms with Crippen LogP contribution in [0.25, 0.3) is 22.0 Å². The molecule has 0 aliphatic carbocycles. The molecule has 1 aromatic heterocycles. The highest BCUT2D eigenvalue weighted by Crippen LogP contribution is 2.19. The van der Waals surface area contributed by atoms with Crippen LogP contribution >= 0.6 is 0 Å². The van der Waals surface area contributed by atoms with Crippen molar-refractivity contribution in [1.82, 2.24) is 4.98 Å². The molecule has 27 heavy (non-hydrogen) atoms. The van der Waals surface area contributed by atoms with E-state index in [4.69, 9.17) is 5.84 Å². The van der Waals surface area contributed by atoms with Crippen LogP contribution in [-0.2, 0) is 0 Å². The van der Waals surface area contributed by atoms with Gasteiger partial charge in [-0.25, -0.2) is 0 Å². The van der Waals surface area contributed by atoms with Crippen LogP contribution < -0.4 is 5.84 Å². The Morgan fingerprint density at radius 1 is 0.889 bits per heavy atom. The summed E-state index contributed by atoms with van der Waals surface area (Å²) in [7, 11) is 0. The van der Waals surface area contributed by atoms with Gasteiger partial charge in [-0.2, -0.15) is 5.10 Å². The largest absolute Gasteiger partial charge is 0.361 e. The summed E-state index contributed by atoms with van der Waals surface area (Å²) in [5, 5.41) is 4.67. The van der Waals surface area contributed by atoms with Crippen LogP contribution in [0, 0.1) is 0 Å². The summed E-state index contributed by atoms with van der Waals surface area (Å²) in [6, 6.07) is 26.0. The Labute approximate surface area is 158 Å². The summed E-state index contributed by atoms with van der Waals surface area (Å²) in [4.78, 5) is 13.5. The first-order valence-corrected chi connectivity index (χ1v) is 8.64. The van der Waals surface area contributed by atoms with E-state index in [1.807, 2.05) is 67.7 Å². The summed E-state index contributed by atoms with van der Waals surface area (Å²) in [6.07, 6.45) is 2.70. The SMILES string of the molecule is CC(=NN)c1ccc(-c2ccccc2)cc1.O=Cc1cccc2[nH]ccc12. The molecule has 0 unspecified atom stereocenters. The monoisotopic (exact) mass is 355 g/mol. The zero-order valence-electron chi connectivity index (χ0n) is 15.1. The van der Waals surface area contributed by atoms with Crippen molar-refractivity contribution in [1.29, 1.82) is 0 Å². The standard InChI is InChI=1S/C14H14N2.C9H7NO/c1-11(16-15)12-7-9-14(10-8-12)13-5-3-2-4-6-13;11-6-7-2-1-3-9-8(7)4-5-10-9/h2-10H,15H2,1H3;1-6,10H. The van der Waals surface area contributed by atoms with Gasteiger partial charge in [0, 0.05) is 22.7 Å². The number of nitrogens with two attached hydrogens (primary N) is 1. The quantitative estimate of drug-likeness (QED) is 0.234. The number of benzene rings is 3. The average molecular weight is 355 g/mol. The molecule has 4 rings (SSSR count). The predicted molar refractivity (Wildman–Crippen MR) is 112 cm³/mol. The molecular weight excluding hydrogens is 334 g/mol. The lowest BCUT2D eigenvalue weighted by molar-refractivity contribution is 0.112. The fourth-order valence-corrected chi connectivity index (χ4v) is 2.82. The van der Waals surface area contributed by atoms with E-state index in [1.54, 1.807) is 0 Å². The highest BCUT2D eigenvalue weighted by Gasteiger charge is 1.99. The van der Waals surface area contributed by atoms with E-state index in [2.05, 4.69) is 34.4 Å². The van der Waals surface area contributed by atoms with Crippen molar-refractivity contribution < 1.29 is 4.79 Å². The number of H-pyrrole nitrogens is 1. The van der Waals surface area contributed by atoms with Gasteiger partial charge in [-0.1, -0.05) is 66.7 Å². The number of hydrogen-bond donors (Lipinski definition) is 2. The van der Waals surface area contributed by atoms with Crippen molar-refractivity contribution >= 4 is 22.9 Å². The maximum absolute atomic E-state index is 10.5. The number of aromatic nitrogens is 1. The molecule has 0 radical (unpaired) electrons. The van der Waals surface area contributed by atoms with Crippen LogP contribution in [0.15, 0.2) is 90.2 Å². The number of nitrogens with zero attached hydrogens (tertiary/aromatic N) is 1. The van der Waals surface area contributed by atoms with Crippen molar-refractivity contribution in [3.8, 4) is 11.1 Å². The Balaban J connectivity index is 0.000000166. The number of carbonyl (C=O) groups is 1. The molecule has 0 aliphatic heterocycles. The summed E-state index contributed by atoms with van der Waals surface area (Å²) in [6.45, 7) is 1.90. The number of aldehydes is 1. The molecule has 4 nitrogen and oxygen atoms in total. The molecule has 1 heterocycles. The van der Waals surface area contributed by atoms with Crippen molar-refractivity contribution in [2.75, 3.05) is 0 Å². The molecule has 134 valence electrons. The molecule has 0 saturated heterocycles. The molecule has 4 heteroatoms. The molecule has 0 atom stereocenters. The van der Waals surface area contributed by atoms with Crippen LogP contribution in [0.1, 0.15) is 22.8 Å². The Morgan fingerprint density at radius 3 is 2.26 bits per heavy atom.